The van der Waals surface area contributed by atoms with Crippen molar-refractivity contribution in [1.29, 1.82) is 0 Å². The zero-order valence-electron chi connectivity index (χ0n) is 16.3. The highest BCUT2D eigenvalue weighted by molar-refractivity contribution is 5.66. The second-order valence-electron chi connectivity index (χ2n) is 10.1. The zero-order valence-corrected chi connectivity index (χ0v) is 16.3. The van der Waals surface area contributed by atoms with Crippen LogP contribution in [0.5, 0.6) is 0 Å². The maximum absolute atomic E-state index is 11.9. The van der Waals surface area contributed by atoms with Gasteiger partial charge in [0.1, 0.15) is 6.10 Å². The van der Waals surface area contributed by atoms with Crippen molar-refractivity contribution in [3.8, 4) is 0 Å². The van der Waals surface area contributed by atoms with Gasteiger partial charge in [0.25, 0.3) is 0 Å². The molecule has 1 spiro atoms. The van der Waals surface area contributed by atoms with Gasteiger partial charge in [0, 0.05) is 18.9 Å². The van der Waals surface area contributed by atoms with Crippen molar-refractivity contribution in [3.05, 3.63) is 11.6 Å². The van der Waals surface area contributed by atoms with E-state index in [2.05, 4.69) is 26.8 Å². The highest BCUT2D eigenvalue weighted by atomic mass is 16.5. The van der Waals surface area contributed by atoms with Crippen molar-refractivity contribution in [2.45, 2.75) is 78.7 Å². The number of allylic oxidation sites excluding steroid dienone is 1. The normalized spacial score (nSPS) is 51.3. The second-order valence-corrected chi connectivity index (χ2v) is 10.1. The van der Waals surface area contributed by atoms with E-state index in [0.29, 0.717) is 17.8 Å². The lowest BCUT2D eigenvalue weighted by molar-refractivity contribution is -0.208. The van der Waals surface area contributed by atoms with Gasteiger partial charge in [-0.05, 0) is 74.0 Å². The standard InChI is InChI=1S/C22H34O3/c1-14-11-22-12-16(14)6-7-17(22)21(4)9-5-8-20(3,13-23)18(21)10-19(22)25-15(2)24/h11,16-19,23H,5-10,12-13H2,1-4H3/t16-,17+,18+,19+,20-,21+,22+/m1/s1. The molecule has 140 valence electrons. The predicted molar refractivity (Wildman–Crippen MR) is 97.8 cm³/mol. The molecule has 3 fully saturated rings. The summed E-state index contributed by atoms with van der Waals surface area (Å²) >= 11 is 0. The Kier molecular flexibility index (Phi) is 3.92. The van der Waals surface area contributed by atoms with Crippen LogP contribution in [-0.4, -0.2) is 23.8 Å². The third-order valence-electron chi connectivity index (χ3n) is 8.81. The minimum absolute atomic E-state index is 0.0164. The van der Waals surface area contributed by atoms with Crippen molar-refractivity contribution in [1.82, 2.24) is 0 Å². The van der Waals surface area contributed by atoms with E-state index in [0.717, 1.165) is 12.8 Å². The summed E-state index contributed by atoms with van der Waals surface area (Å²) in [5.41, 5.74) is 1.76. The Labute approximate surface area is 152 Å². The fourth-order valence-electron chi connectivity index (χ4n) is 7.76. The Balaban J connectivity index is 1.81. The van der Waals surface area contributed by atoms with Gasteiger partial charge in [0.15, 0.2) is 0 Å². The molecular weight excluding hydrogens is 312 g/mol. The summed E-state index contributed by atoms with van der Waals surface area (Å²) in [4.78, 5) is 11.9. The number of hydrogen-bond acceptors (Lipinski definition) is 3. The van der Waals surface area contributed by atoms with Crippen LogP contribution in [0, 0.1) is 34.0 Å². The van der Waals surface area contributed by atoms with Gasteiger partial charge in [-0.3, -0.25) is 4.79 Å². The van der Waals surface area contributed by atoms with Crippen LogP contribution in [0.3, 0.4) is 0 Å². The Bertz CT molecular complexity index is 610. The number of aliphatic hydroxyl groups is 1. The molecule has 3 nitrogen and oxygen atoms in total. The van der Waals surface area contributed by atoms with Crippen molar-refractivity contribution < 1.29 is 14.6 Å². The number of hydrogen-bond donors (Lipinski definition) is 1. The van der Waals surface area contributed by atoms with Gasteiger partial charge in [-0.25, -0.2) is 0 Å². The van der Waals surface area contributed by atoms with E-state index in [9.17, 15) is 9.90 Å². The average Bonchev–Trinajstić information content (AvgIpc) is 2.79. The lowest BCUT2D eigenvalue weighted by Gasteiger charge is -2.65. The molecule has 1 N–H and O–H groups in total. The van der Waals surface area contributed by atoms with Gasteiger partial charge >= 0.3 is 5.97 Å². The fourth-order valence-corrected chi connectivity index (χ4v) is 7.76. The average molecular weight is 347 g/mol. The van der Waals surface area contributed by atoms with Crippen LogP contribution in [-0.2, 0) is 9.53 Å². The van der Waals surface area contributed by atoms with Gasteiger partial charge < -0.3 is 9.84 Å². The third-order valence-corrected chi connectivity index (χ3v) is 8.81. The van der Waals surface area contributed by atoms with E-state index in [1.807, 2.05) is 0 Å². The molecule has 25 heavy (non-hydrogen) atoms. The first-order valence-electron chi connectivity index (χ1n) is 10.2. The number of ether oxygens (including phenoxy) is 1. The summed E-state index contributed by atoms with van der Waals surface area (Å²) < 4.78 is 6.00. The summed E-state index contributed by atoms with van der Waals surface area (Å²) in [5.74, 6) is 1.54. The highest BCUT2D eigenvalue weighted by Crippen LogP contribution is 2.71. The fraction of sp³-hybridized carbons (Fsp3) is 0.864. The maximum Gasteiger partial charge on any atom is 0.302 e. The third kappa shape index (κ3) is 2.30. The smallest absolute Gasteiger partial charge is 0.302 e. The molecule has 0 saturated heterocycles. The first-order chi connectivity index (χ1) is 11.7. The van der Waals surface area contributed by atoms with Crippen molar-refractivity contribution in [3.63, 3.8) is 0 Å². The van der Waals surface area contributed by atoms with Crippen LogP contribution in [0.4, 0.5) is 0 Å². The van der Waals surface area contributed by atoms with Crippen LogP contribution in [0.2, 0.25) is 0 Å². The number of rotatable bonds is 2. The van der Waals surface area contributed by atoms with Crippen LogP contribution >= 0.6 is 0 Å². The Morgan fingerprint density at radius 1 is 1.28 bits per heavy atom. The van der Waals surface area contributed by atoms with Crippen LogP contribution in [0.15, 0.2) is 11.6 Å². The molecule has 3 saturated carbocycles. The van der Waals surface area contributed by atoms with Crippen LogP contribution in [0.1, 0.15) is 72.6 Å². The van der Waals surface area contributed by atoms with Crippen molar-refractivity contribution in [2.24, 2.45) is 34.0 Å². The predicted octanol–water partition coefficient (Wildman–Crippen LogP) is 4.49. The Hall–Kier alpha value is -0.830. The highest BCUT2D eigenvalue weighted by Gasteiger charge is 2.66. The van der Waals surface area contributed by atoms with E-state index >= 15 is 0 Å². The minimum Gasteiger partial charge on any atom is -0.462 e. The molecule has 4 aliphatic rings. The van der Waals surface area contributed by atoms with E-state index in [1.165, 1.54) is 37.7 Å². The molecule has 0 aromatic carbocycles. The summed E-state index contributed by atoms with van der Waals surface area (Å²) in [5, 5.41) is 10.2. The lowest BCUT2D eigenvalue weighted by atomic mass is 9.40. The first kappa shape index (κ1) is 17.6. The van der Waals surface area contributed by atoms with Crippen molar-refractivity contribution in [2.75, 3.05) is 6.61 Å². The number of carbonyl (C=O) groups excluding carboxylic acids is 1. The molecule has 2 bridgehead atoms. The minimum atomic E-state index is -0.150. The van der Waals surface area contributed by atoms with Gasteiger partial charge in [0.05, 0.1) is 0 Å². The topological polar surface area (TPSA) is 46.5 Å². The van der Waals surface area contributed by atoms with Gasteiger partial charge in [0.2, 0.25) is 0 Å². The Morgan fingerprint density at radius 2 is 2.04 bits per heavy atom. The number of aliphatic hydroxyl groups excluding tert-OH is 1. The van der Waals surface area contributed by atoms with Crippen molar-refractivity contribution >= 4 is 5.97 Å². The zero-order chi connectivity index (χ0) is 18.0. The van der Waals surface area contributed by atoms with E-state index < -0.39 is 0 Å². The maximum atomic E-state index is 11.9. The SMILES string of the molecule is CC(=O)O[C@H]1C[C@H]2[C@@](C)(CO)CCC[C@@]2(C)[C@@H]2CC[C@@H]3C[C@]12C=C3C. The van der Waals surface area contributed by atoms with E-state index in [1.54, 1.807) is 6.92 Å². The molecular formula is C22H34O3. The molecule has 0 unspecified atom stereocenters. The number of carbonyl (C=O) groups is 1. The molecule has 7 atom stereocenters. The summed E-state index contributed by atoms with van der Waals surface area (Å²) in [6.45, 7) is 8.83. The summed E-state index contributed by atoms with van der Waals surface area (Å²) in [6.07, 6.45) is 10.6. The monoisotopic (exact) mass is 346 g/mol. The molecule has 4 aliphatic carbocycles. The summed E-state index contributed by atoms with van der Waals surface area (Å²) in [7, 11) is 0. The Morgan fingerprint density at radius 3 is 2.72 bits per heavy atom. The molecule has 0 heterocycles. The second kappa shape index (κ2) is 5.58. The molecule has 0 amide bonds. The van der Waals surface area contributed by atoms with Gasteiger partial charge in [-0.1, -0.05) is 31.9 Å². The number of fused-ring (bicyclic) bond motifs is 3. The van der Waals surface area contributed by atoms with E-state index in [-0.39, 0.29) is 34.9 Å². The molecule has 3 heteroatoms. The largest absolute Gasteiger partial charge is 0.462 e. The lowest BCUT2D eigenvalue weighted by Crippen LogP contribution is -2.62. The molecule has 4 rings (SSSR count). The van der Waals surface area contributed by atoms with Crippen LogP contribution in [0.25, 0.3) is 0 Å². The first-order valence-corrected chi connectivity index (χ1v) is 10.2. The molecule has 0 radical (unpaired) electrons. The summed E-state index contributed by atoms with van der Waals surface area (Å²) in [6, 6.07) is 0. The molecule has 0 aliphatic heterocycles. The van der Waals surface area contributed by atoms with Gasteiger partial charge in [-0.2, -0.15) is 0 Å². The number of esters is 1. The van der Waals surface area contributed by atoms with Crippen LogP contribution < -0.4 is 0 Å². The molecule has 0 aromatic heterocycles. The van der Waals surface area contributed by atoms with E-state index in [4.69, 9.17) is 4.74 Å². The van der Waals surface area contributed by atoms with Gasteiger partial charge in [-0.15, -0.1) is 0 Å². The molecule has 0 aromatic rings. The quantitative estimate of drug-likeness (QED) is 0.592.